The molecule has 0 atom stereocenters. The van der Waals surface area contributed by atoms with E-state index in [-0.39, 0.29) is 6.61 Å². The van der Waals surface area contributed by atoms with Gasteiger partial charge >= 0.3 is 0 Å². The highest BCUT2D eigenvalue weighted by Gasteiger charge is 1.91. The maximum Gasteiger partial charge on any atom is 0.0823 e. The van der Waals surface area contributed by atoms with E-state index in [9.17, 15) is 5.11 Å². The molecule has 0 bridgehead atoms. The fourth-order valence-corrected chi connectivity index (χ4v) is 0.523. The lowest BCUT2D eigenvalue weighted by atomic mass is 10.3. The highest BCUT2D eigenvalue weighted by atomic mass is 16.5. The molecule has 0 amide bonds. The van der Waals surface area contributed by atoms with Crippen LogP contribution in [-0.2, 0) is 9.84 Å². The Balaban J connectivity index is 2.75. The molecule has 9 heavy (non-hydrogen) atoms. The van der Waals surface area contributed by atoms with Crippen molar-refractivity contribution in [3.8, 4) is 0 Å². The van der Waals surface area contributed by atoms with Crippen LogP contribution in [0.3, 0.4) is 0 Å². The molecule has 0 aromatic heterocycles. The fourth-order valence-electron chi connectivity index (χ4n) is 0.523. The van der Waals surface area contributed by atoms with E-state index in [1.54, 1.807) is 0 Å². The Morgan fingerprint density at radius 1 is 1.33 bits per heavy atom. The Hall–Kier alpha value is -0.0800. The Bertz CT molecular complexity index is 52.9. The van der Waals surface area contributed by atoms with Crippen LogP contribution in [0.15, 0.2) is 0 Å². The van der Waals surface area contributed by atoms with Crippen molar-refractivity contribution in [2.24, 2.45) is 0 Å². The maximum absolute atomic E-state index is 9.92. The van der Waals surface area contributed by atoms with E-state index in [4.69, 9.17) is 4.74 Å². The van der Waals surface area contributed by atoms with Gasteiger partial charge < -0.3 is 4.74 Å². The van der Waals surface area contributed by atoms with Crippen LogP contribution in [0.5, 0.6) is 0 Å². The molecule has 0 fully saturated rings. The van der Waals surface area contributed by atoms with E-state index in [0.717, 1.165) is 19.4 Å². The molecule has 0 aliphatic carbocycles. The van der Waals surface area contributed by atoms with E-state index < -0.39 is 0 Å². The molecule has 0 N–H and O–H groups in total. The molecule has 2 nitrogen and oxygen atoms in total. The van der Waals surface area contributed by atoms with Crippen molar-refractivity contribution in [2.75, 3.05) is 13.2 Å². The zero-order valence-corrected chi connectivity index (χ0v) is 6.22. The predicted molar refractivity (Wildman–Crippen MR) is 35.9 cm³/mol. The summed E-state index contributed by atoms with van der Waals surface area (Å²) in [7, 11) is 0. The molecule has 0 saturated heterocycles. The minimum Gasteiger partial charge on any atom is -0.379 e. The normalized spacial score (nSPS) is 10.7. The van der Waals surface area contributed by atoms with Gasteiger partial charge in [-0.15, -0.1) is 0 Å². The van der Waals surface area contributed by atoms with E-state index in [2.05, 4.69) is 0 Å². The zero-order valence-electron chi connectivity index (χ0n) is 6.22. The topological polar surface area (TPSA) is 29.1 Å². The number of ether oxygens (including phenoxy) is 1. The summed E-state index contributed by atoms with van der Waals surface area (Å²) >= 11 is 0. The molecule has 55 valence electrons. The Kier molecular flexibility index (Phi) is 5.99. The molecule has 2 heteroatoms. The molecule has 0 aromatic carbocycles. The van der Waals surface area contributed by atoms with Gasteiger partial charge in [0.2, 0.25) is 0 Å². The highest BCUT2D eigenvalue weighted by molar-refractivity contribution is 4.39. The lowest BCUT2D eigenvalue weighted by molar-refractivity contribution is 0.0699. The number of hydrogen-bond acceptors (Lipinski definition) is 1. The van der Waals surface area contributed by atoms with Crippen molar-refractivity contribution in [1.29, 1.82) is 0 Å². The Morgan fingerprint density at radius 3 is 2.44 bits per heavy atom. The van der Waals surface area contributed by atoms with Gasteiger partial charge in [-0.3, -0.25) is 0 Å². The van der Waals surface area contributed by atoms with Gasteiger partial charge in [0, 0.05) is 6.61 Å². The van der Waals surface area contributed by atoms with Gasteiger partial charge in [-0.1, -0.05) is 0 Å². The fraction of sp³-hybridized carbons (Fsp3) is 1.00. The summed E-state index contributed by atoms with van der Waals surface area (Å²) in [5.41, 5.74) is 0. The third kappa shape index (κ3) is 7.92. The lowest BCUT2D eigenvalue weighted by Gasteiger charge is -2.04. The van der Waals surface area contributed by atoms with Gasteiger partial charge in [0.05, 0.1) is 12.7 Å². The van der Waals surface area contributed by atoms with Crippen molar-refractivity contribution in [3.63, 3.8) is 0 Å². The molecule has 1 radical (unpaired) electrons. The van der Waals surface area contributed by atoms with Crippen LogP contribution >= 0.6 is 0 Å². The second kappa shape index (κ2) is 6.05. The number of unbranched alkanes of at least 4 members (excludes halogenated alkanes) is 1. The lowest BCUT2D eigenvalue weighted by Crippen LogP contribution is -2.03. The van der Waals surface area contributed by atoms with Crippen molar-refractivity contribution < 1.29 is 9.84 Å². The van der Waals surface area contributed by atoms with Crippen molar-refractivity contribution in [2.45, 2.75) is 32.8 Å². The van der Waals surface area contributed by atoms with Crippen molar-refractivity contribution in [1.82, 2.24) is 0 Å². The maximum atomic E-state index is 9.92. The molecule has 0 aliphatic rings. The molecular weight excluding hydrogens is 116 g/mol. The van der Waals surface area contributed by atoms with Crippen LogP contribution in [0.4, 0.5) is 0 Å². The SMILES string of the molecule is CC(C)OCCCC[O]. The van der Waals surface area contributed by atoms with E-state index in [1.165, 1.54) is 0 Å². The zero-order chi connectivity index (χ0) is 7.11. The van der Waals surface area contributed by atoms with E-state index in [1.807, 2.05) is 13.8 Å². The number of hydrogen-bond donors (Lipinski definition) is 0. The van der Waals surface area contributed by atoms with Gasteiger partial charge in [-0.25, -0.2) is 5.11 Å². The first-order chi connectivity index (χ1) is 4.27. The first-order valence-electron chi connectivity index (χ1n) is 3.47. The third-order valence-corrected chi connectivity index (χ3v) is 0.990. The largest absolute Gasteiger partial charge is 0.379 e. The second-order valence-electron chi connectivity index (χ2n) is 2.33. The molecule has 0 heterocycles. The minimum absolute atomic E-state index is 0.0292. The van der Waals surface area contributed by atoms with Gasteiger partial charge in [0.15, 0.2) is 0 Å². The molecule has 0 aromatic rings. The highest BCUT2D eigenvalue weighted by Crippen LogP contribution is 1.92. The molecular formula is C7H15O2. The summed E-state index contributed by atoms with van der Waals surface area (Å²) in [6.45, 7) is 4.76. The monoisotopic (exact) mass is 131 g/mol. The summed E-state index contributed by atoms with van der Waals surface area (Å²) in [4.78, 5) is 0. The summed E-state index contributed by atoms with van der Waals surface area (Å²) in [6.07, 6.45) is 1.95. The van der Waals surface area contributed by atoms with Crippen LogP contribution in [-0.4, -0.2) is 19.3 Å². The van der Waals surface area contributed by atoms with Crippen molar-refractivity contribution >= 4 is 0 Å². The molecule has 0 aliphatic heterocycles. The van der Waals surface area contributed by atoms with Gasteiger partial charge in [0.25, 0.3) is 0 Å². The molecule has 0 spiro atoms. The summed E-state index contributed by atoms with van der Waals surface area (Å²) < 4.78 is 5.20. The summed E-state index contributed by atoms with van der Waals surface area (Å²) in [6, 6.07) is 0. The average Bonchev–Trinajstić information content (AvgIpc) is 1.80. The molecule has 0 saturated carbocycles. The second-order valence-corrected chi connectivity index (χ2v) is 2.33. The third-order valence-electron chi connectivity index (χ3n) is 0.990. The Morgan fingerprint density at radius 2 is 2.00 bits per heavy atom. The average molecular weight is 131 g/mol. The van der Waals surface area contributed by atoms with E-state index in [0.29, 0.717) is 6.10 Å². The Labute approximate surface area is 56.8 Å². The number of rotatable bonds is 5. The smallest absolute Gasteiger partial charge is 0.0823 e. The molecule has 0 rings (SSSR count). The van der Waals surface area contributed by atoms with Gasteiger partial charge in [-0.05, 0) is 26.7 Å². The summed E-state index contributed by atoms with van der Waals surface area (Å²) in [5.74, 6) is 0. The van der Waals surface area contributed by atoms with Crippen molar-refractivity contribution in [3.05, 3.63) is 0 Å². The quantitative estimate of drug-likeness (QED) is 0.521. The van der Waals surface area contributed by atoms with Crippen LogP contribution in [0.25, 0.3) is 0 Å². The van der Waals surface area contributed by atoms with Crippen LogP contribution in [0.1, 0.15) is 26.7 Å². The first-order valence-corrected chi connectivity index (χ1v) is 3.47. The van der Waals surface area contributed by atoms with Gasteiger partial charge in [-0.2, -0.15) is 0 Å². The van der Waals surface area contributed by atoms with Crippen LogP contribution in [0.2, 0.25) is 0 Å². The van der Waals surface area contributed by atoms with Crippen LogP contribution < -0.4 is 0 Å². The predicted octanol–water partition coefficient (Wildman–Crippen LogP) is 1.62. The van der Waals surface area contributed by atoms with Crippen LogP contribution in [0, 0.1) is 0 Å². The van der Waals surface area contributed by atoms with Gasteiger partial charge in [0.1, 0.15) is 0 Å². The standard InChI is InChI=1S/C7H15O2/c1-7(2)9-6-4-3-5-8/h7H,3-6H2,1-2H3. The van der Waals surface area contributed by atoms with E-state index >= 15 is 0 Å². The molecule has 0 unspecified atom stereocenters. The summed E-state index contributed by atoms with van der Waals surface area (Å²) in [5, 5.41) is 9.92. The first kappa shape index (κ1) is 8.92. The minimum atomic E-state index is 0.0292.